The Kier molecular flexibility index (Phi) is 5.46. The number of anilines is 1. The van der Waals surface area contributed by atoms with E-state index in [1.54, 1.807) is 6.20 Å². The van der Waals surface area contributed by atoms with Crippen LogP contribution in [0.2, 0.25) is 0 Å². The number of nitrogens with one attached hydrogen (secondary N) is 1. The standard InChI is InChI=1S/C10H13N3O.C3H8/c1-8-3-2-4-12-10(8)13-6-5-11-9(14)7-13;1-3-2/h2-4H,5-7H2,1H3,(H,11,14);3H2,1-2H3. The lowest BCUT2D eigenvalue weighted by molar-refractivity contribution is -0.120. The van der Waals surface area contributed by atoms with Crippen LogP contribution in [0.5, 0.6) is 0 Å². The smallest absolute Gasteiger partial charge is 0.239 e. The van der Waals surface area contributed by atoms with Gasteiger partial charge in [0, 0.05) is 19.3 Å². The maximum atomic E-state index is 11.2. The Bertz CT molecular complexity index is 365. The third kappa shape index (κ3) is 4.06. The first-order valence-corrected chi connectivity index (χ1v) is 6.12. The molecule has 2 heterocycles. The van der Waals surface area contributed by atoms with Gasteiger partial charge in [0.2, 0.25) is 5.91 Å². The molecule has 1 fully saturated rings. The number of nitrogens with zero attached hydrogens (tertiary/aromatic N) is 2. The highest BCUT2D eigenvalue weighted by atomic mass is 16.2. The Labute approximate surface area is 103 Å². The van der Waals surface area contributed by atoms with Crippen LogP contribution < -0.4 is 10.2 Å². The number of hydrogen-bond acceptors (Lipinski definition) is 3. The number of aromatic nitrogens is 1. The van der Waals surface area contributed by atoms with E-state index in [1.165, 1.54) is 6.42 Å². The summed E-state index contributed by atoms with van der Waals surface area (Å²) in [5.41, 5.74) is 1.11. The van der Waals surface area contributed by atoms with Crippen LogP contribution in [0.15, 0.2) is 18.3 Å². The van der Waals surface area contributed by atoms with Crippen molar-refractivity contribution in [2.24, 2.45) is 0 Å². The summed E-state index contributed by atoms with van der Waals surface area (Å²) >= 11 is 0. The highest BCUT2D eigenvalue weighted by molar-refractivity contribution is 5.82. The van der Waals surface area contributed by atoms with Crippen molar-refractivity contribution < 1.29 is 4.79 Å². The molecule has 0 aromatic carbocycles. The van der Waals surface area contributed by atoms with E-state index in [4.69, 9.17) is 0 Å². The van der Waals surface area contributed by atoms with Gasteiger partial charge in [-0.1, -0.05) is 26.3 Å². The average Bonchev–Trinajstić information content (AvgIpc) is 2.30. The van der Waals surface area contributed by atoms with Gasteiger partial charge in [0.15, 0.2) is 0 Å². The van der Waals surface area contributed by atoms with Gasteiger partial charge in [-0.25, -0.2) is 4.98 Å². The van der Waals surface area contributed by atoms with Crippen molar-refractivity contribution in [3.8, 4) is 0 Å². The van der Waals surface area contributed by atoms with Gasteiger partial charge in [0.1, 0.15) is 5.82 Å². The minimum Gasteiger partial charge on any atom is -0.353 e. The monoisotopic (exact) mass is 235 g/mol. The third-order valence-electron chi connectivity index (χ3n) is 2.32. The van der Waals surface area contributed by atoms with Crippen LogP contribution in [0.4, 0.5) is 5.82 Å². The van der Waals surface area contributed by atoms with Crippen LogP contribution in [0.3, 0.4) is 0 Å². The quantitative estimate of drug-likeness (QED) is 0.806. The summed E-state index contributed by atoms with van der Waals surface area (Å²) in [6, 6.07) is 3.91. The Hall–Kier alpha value is -1.58. The molecule has 0 bridgehead atoms. The molecule has 0 aliphatic carbocycles. The lowest BCUT2D eigenvalue weighted by atomic mass is 10.2. The first-order valence-electron chi connectivity index (χ1n) is 6.12. The van der Waals surface area contributed by atoms with Crippen molar-refractivity contribution in [2.45, 2.75) is 27.2 Å². The van der Waals surface area contributed by atoms with Gasteiger partial charge in [0.05, 0.1) is 6.54 Å². The lowest BCUT2D eigenvalue weighted by Crippen LogP contribution is -2.48. The summed E-state index contributed by atoms with van der Waals surface area (Å²) < 4.78 is 0. The number of amides is 1. The molecular formula is C13H21N3O. The maximum absolute atomic E-state index is 11.2. The number of rotatable bonds is 1. The molecule has 1 aromatic rings. The molecule has 1 aliphatic heterocycles. The van der Waals surface area contributed by atoms with Crippen LogP contribution >= 0.6 is 0 Å². The van der Waals surface area contributed by atoms with E-state index in [0.29, 0.717) is 13.1 Å². The second-order valence-electron chi connectivity index (χ2n) is 4.12. The van der Waals surface area contributed by atoms with Gasteiger partial charge < -0.3 is 10.2 Å². The summed E-state index contributed by atoms with van der Waals surface area (Å²) in [6.07, 6.45) is 3.01. The molecule has 0 atom stereocenters. The molecule has 0 saturated carbocycles. The zero-order chi connectivity index (χ0) is 12.7. The van der Waals surface area contributed by atoms with Gasteiger partial charge >= 0.3 is 0 Å². The predicted octanol–water partition coefficient (Wildman–Crippen LogP) is 1.74. The van der Waals surface area contributed by atoms with E-state index in [9.17, 15) is 4.79 Å². The molecule has 17 heavy (non-hydrogen) atoms. The summed E-state index contributed by atoms with van der Waals surface area (Å²) in [6.45, 7) is 8.21. The van der Waals surface area contributed by atoms with E-state index in [2.05, 4.69) is 24.1 Å². The van der Waals surface area contributed by atoms with Crippen LogP contribution in [0.1, 0.15) is 25.8 Å². The molecule has 1 amide bonds. The molecule has 1 aromatic heterocycles. The van der Waals surface area contributed by atoms with Crippen molar-refractivity contribution in [3.63, 3.8) is 0 Å². The molecule has 4 heteroatoms. The summed E-state index contributed by atoms with van der Waals surface area (Å²) in [5.74, 6) is 0.989. The molecule has 0 spiro atoms. The molecule has 94 valence electrons. The van der Waals surface area contributed by atoms with Crippen LogP contribution in [-0.2, 0) is 4.79 Å². The van der Waals surface area contributed by atoms with E-state index >= 15 is 0 Å². The first kappa shape index (κ1) is 13.5. The second-order valence-corrected chi connectivity index (χ2v) is 4.12. The lowest BCUT2D eigenvalue weighted by Gasteiger charge is -2.28. The molecular weight excluding hydrogens is 214 g/mol. The number of carbonyl (C=O) groups excluding carboxylic acids is 1. The number of piperazine rings is 1. The average molecular weight is 235 g/mol. The highest BCUT2D eigenvalue weighted by Crippen LogP contribution is 2.15. The van der Waals surface area contributed by atoms with Gasteiger partial charge in [-0.3, -0.25) is 4.79 Å². The second kappa shape index (κ2) is 6.89. The molecule has 1 saturated heterocycles. The van der Waals surface area contributed by atoms with E-state index in [1.807, 2.05) is 24.0 Å². The van der Waals surface area contributed by atoms with Gasteiger partial charge in [-0.2, -0.15) is 0 Å². The summed E-state index contributed by atoms with van der Waals surface area (Å²) in [5, 5.41) is 2.79. The van der Waals surface area contributed by atoms with E-state index < -0.39 is 0 Å². The number of aryl methyl sites for hydroxylation is 1. The van der Waals surface area contributed by atoms with Crippen molar-refractivity contribution in [1.82, 2.24) is 10.3 Å². The van der Waals surface area contributed by atoms with E-state index in [0.717, 1.165) is 17.9 Å². The Morgan fingerprint density at radius 1 is 1.47 bits per heavy atom. The fourth-order valence-electron chi connectivity index (χ4n) is 1.63. The van der Waals surface area contributed by atoms with Gasteiger partial charge in [-0.15, -0.1) is 0 Å². The Morgan fingerprint density at radius 2 is 2.18 bits per heavy atom. The molecule has 1 N–H and O–H groups in total. The van der Waals surface area contributed by atoms with Crippen LogP contribution in [0.25, 0.3) is 0 Å². The topological polar surface area (TPSA) is 45.2 Å². The highest BCUT2D eigenvalue weighted by Gasteiger charge is 2.18. The van der Waals surface area contributed by atoms with Crippen molar-refractivity contribution in [2.75, 3.05) is 24.5 Å². The molecule has 0 radical (unpaired) electrons. The zero-order valence-electron chi connectivity index (χ0n) is 10.9. The minimum absolute atomic E-state index is 0.0707. The van der Waals surface area contributed by atoms with Crippen molar-refractivity contribution in [3.05, 3.63) is 23.9 Å². The number of pyridine rings is 1. The summed E-state index contributed by atoms with van der Waals surface area (Å²) in [7, 11) is 0. The Balaban J connectivity index is 0.000000437. The first-order chi connectivity index (χ1) is 8.19. The fourth-order valence-corrected chi connectivity index (χ4v) is 1.63. The van der Waals surface area contributed by atoms with Gasteiger partial charge in [0.25, 0.3) is 0 Å². The van der Waals surface area contributed by atoms with Crippen LogP contribution in [-0.4, -0.2) is 30.5 Å². The van der Waals surface area contributed by atoms with Crippen molar-refractivity contribution in [1.29, 1.82) is 0 Å². The van der Waals surface area contributed by atoms with Gasteiger partial charge in [-0.05, 0) is 18.6 Å². The SMILES string of the molecule is CCC.Cc1cccnc1N1CCNC(=O)C1. The number of carbonyl (C=O) groups is 1. The van der Waals surface area contributed by atoms with Crippen LogP contribution in [0, 0.1) is 6.92 Å². The zero-order valence-corrected chi connectivity index (χ0v) is 10.9. The summed E-state index contributed by atoms with van der Waals surface area (Å²) in [4.78, 5) is 17.5. The largest absolute Gasteiger partial charge is 0.353 e. The predicted molar refractivity (Wildman–Crippen MR) is 70.2 cm³/mol. The third-order valence-corrected chi connectivity index (χ3v) is 2.32. The molecule has 0 unspecified atom stereocenters. The normalized spacial score (nSPS) is 14.8. The van der Waals surface area contributed by atoms with E-state index in [-0.39, 0.29) is 5.91 Å². The Morgan fingerprint density at radius 3 is 2.76 bits per heavy atom. The molecule has 2 rings (SSSR count). The van der Waals surface area contributed by atoms with Crippen molar-refractivity contribution >= 4 is 11.7 Å². The number of hydrogen-bond donors (Lipinski definition) is 1. The maximum Gasteiger partial charge on any atom is 0.239 e. The molecule has 1 aliphatic rings. The fraction of sp³-hybridized carbons (Fsp3) is 0.538. The molecule has 4 nitrogen and oxygen atoms in total. The minimum atomic E-state index is 0.0707.